The van der Waals surface area contributed by atoms with Crippen LogP contribution >= 0.6 is 15.9 Å². The van der Waals surface area contributed by atoms with Crippen molar-refractivity contribution in [2.75, 3.05) is 33.3 Å². The molecule has 10 heteroatoms. The van der Waals surface area contributed by atoms with Gasteiger partial charge in [0.2, 0.25) is 0 Å². The van der Waals surface area contributed by atoms with Crippen LogP contribution in [0, 0.1) is 11.3 Å². The average molecular weight is 542 g/mol. The molecule has 1 aliphatic rings. The summed E-state index contributed by atoms with van der Waals surface area (Å²) in [6.45, 7) is 0. The molecule has 1 heterocycles. The van der Waals surface area contributed by atoms with E-state index in [1.165, 1.54) is 33.3 Å². The largest absolute Gasteiger partial charge is 0.466 e. The number of hydrogen-bond acceptors (Lipinski definition) is 9. The lowest BCUT2D eigenvalue weighted by atomic mass is 9.80. The van der Waals surface area contributed by atoms with E-state index in [1.54, 1.807) is 48.5 Å². The summed E-state index contributed by atoms with van der Waals surface area (Å²) in [5, 5.41) is 10.2. The molecule has 182 valence electrons. The van der Waals surface area contributed by atoms with Crippen molar-refractivity contribution in [1.82, 2.24) is 0 Å². The monoisotopic (exact) mass is 541 g/mol. The number of nitrogens with zero attached hydrogens (tertiary/aromatic N) is 2. The summed E-state index contributed by atoms with van der Waals surface area (Å²) < 4.78 is 21.7. The van der Waals surface area contributed by atoms with Crippen molar-refractivity contribution in [2.45, 2.75) is 12.2 Å². The first-order chi connectivity index (χ1) is 16.8. The van der Waals surface area contributed by atoms with Gasteiger partial charge in [0.1, 0.15) is 11.5 Å². The van der Waals surface area contributed by atoms with Crippen LogP contribution in [-0.2, 0) is 28.5 Å². The Hall–Kier alpha value is -3.65. The van der Waals surface area contributed by atoms with E-state index in [4.69, 9.17) is 24.7 Å². The van der Waals surface area contributed by atoms with Crippen LogP contribution in [0.3, 0.4) is 0 Å². The lowest BCUT2D eigenvalue weighted by Gasteiger charge is -2.37. The van der Waals surface area contributed by atoms with Gasteiger partial charge in [-0.2, -0.15) is 5.26 Å². The second kappa shape index (κ2) is 11.2. The van der Waals surface area contributed by atoms with Crippen molar-refractivity contribution < 1.29 is 28.5 Å². The SMILES string of the molecule is COC(=O)C1=C(C(=O)OC)N(c2ccc(Br)cc2C(OC)OC)C(N)=C(C#N)C1c1ccccc1. The summed E-state index contributed by atoms with van der Waals surface area (Å²) in [7, 11) is 5.30. The predicted octanol–water partition coefficient (Wildman–Crippen LogP) is 3.64. The fourth-order valence-electron chi connectivity index (χ4n) is 4.03. The molecule has 0 aliphatic carbocycles. The Morgan fingerprint density at radius 2 is 1.66 bits per heavy atom. The Morgan fingerprint density at radius 1 is 1.03 bits per heavy atom. The number of rotatable bonds is 7. The number of benzene rings is 2. The van der Waals surface area contributed by atoms with Crippen molar-refractivity contribution in [3.63, 3.8) is 0 Å². The molecule has 0 bridgehead atoms. The molecule has 1 aliphatic heterocycles. The van der Waals surface area contributed by atoms with Crippen LogP contribution in [0.2, 0.25) is 0 Å². The normalized spacial score (nSPS) is 15.8. The number of halogens is 1. The van der Waals surface area contributed by atoms with E-state index in [2.05, 4.69) is 22.0 Å². The molecule has 35 heavy (non-hydrogen) atoms. The van der Waals surface area contributed by atoms with Gasteiger partial charge in [-0.05, 0) is 23.8 Å². The molecular weight excluding hydrogens is 518 g/mol. The highest BCUT2D eigenvalue weighted by Crippen LogP contribution is 2.45. The van der Waals surface area contributed by atoms with Gasteiger partial charge in [0, 0.05) is 24.3 Å². The summed E-state index contributed by atoms with van der Waals surface area (Å²) in [5.41, 5.74) is 7.77. The smallest absolute Gasteiger partial charge is 0.355 e. The van der Waals surface area contributed by atoms with Crippen molar-refractivity contribution in [3.8, 4) is 6.07 Å². The highest BCUT2D eigenvalue weighted by atomic mass is 79.9. The highest BCUT2D eigenvalue weighted by Gasteiger charge is 2.43. The van der Waals surface area contributed by atoms with Crippen LogP contribution in [0.15, 0.2) is 75.7 Å². The zero-order valence-corrected chi connectivity index (χ0v) is 21.2. The Bertz CT molecular complexity index is 1230. The Labute approximate surface area is 211 Å². The fourth-order valence-corrected chi connectivity index (χ4v) is 4.41. The summed E-state index contributed by atoms with van der Waals surface area (Å²) in [6.07, 6.45) is -0.854. The molecular formula is C25H24BrN3O6. The topological polar surface area (TPSA) is 124 Å². The van der Waals surface area contributed by atoms with E-state index >= 15 is 0 Å². The van der Waals surface area contributed by atoms with Gasteiger partial charge in [-0.1, -0.05) is 46.3 Å². The number of allylic oxidation sites excluding steroid dienone is 1. The maximum atomic E-state index is 13.2. The van der Waals surface area contributed by atoms with E-state index in [0.717, 1.165) is 0 Å². The van der Waals surface area contributed by atoms with E-state index in [-0.39, 0.29) is 22.7 Å². The van der Waals surface area contributed by atoms with Crippen molar-refractivity contribution in [2.24, 2.45) is 5.73 Å². The summed E-state index contributed by atoms with van der Waals surface area (Å²) in [4.78, 5) is 27.7. The zero-order valence-electron chi connectivity index (χ0n) is 19.6. The van der Waals surface area contributed by atoms with Gasteiger partial charge < -0.3 is 24.7 Å². The first-order valence-corrected chi connectivity index (χ1v) is 11.1. The lowest BCUT2D eigenvalue weighted by Crippen LogP contribution is -2.41. The molecule has 0 radical (unpaired) electrons. The number of anilines is 1. The predicted molar refractivity (Wildman–Crippen MR) is 130 cm³/mol. The van der Waals surface area contributed by atoms with Gasteiger partial charge in [-0.15, -0.1) is 0 Å². The van der Waals surface area contributed by atoms with E-state index < -0.39 is 24.1 Å². The van der Waals surface area contributed by atoms with Gasteiger partial charge in [-0.25, -0.2) is 9.59 Å². The van der Waals surface area contributed by atoms with E-state index in [0.29, 0.717) is 21.3 Å². The van der Waals surface area contributed by atoms with E-state index in [1.807, 2.05) is 0 Å². The number of nitrogens with two attached hydrogens (primary N) is 1. The molecule has 9 nitrogen and oxygen atoms in total. The van der Waals surface area contributed by atoms with Crippen molar-refractivity contribution in [3.05, 3.63) is 86.8 Å². The molecule has 0 aromatic heterocycles. The number of esters is 2. The molecule has 0 fully saturated rings. The molecule has 2 N–H and O–H groups in total. The number of ether oxygens (including phenoxy) is 4. The number of methoxy groups -OCH3 is 4. The third-order valence-corrected chi connectivity index (χ3v) is 6.02. The highest BCUT2D eigenvalue weighted by molar-refractivity contribution is 9.10. The van der Waals surface area contributed by atoms with Gasteiger partial charge in [0.25, 0.3) is 0 Å². The second-order valence-electron chi connectivity index (χ2n) is 7.34. The van der Waals surface area contributed by atoms with Crippen molar-refractivity contribution >= 4 is 33.6 Å². The van der Waals surface area contributed by atoms with Gasteiger partial charge in [0.15, 0.2) is 6.29 Å². The van der Waals surface area contributed by atoms with Crippen LogP contribution in [-0.4, -0.2) is 40.4 Å². The van der Waals surface area contributed by atoms with Crippen molar-refractivity contribution in [1.29, 1.82) is 5.26 Å². The number of nitriles is 1. The maximum Gasteiger partial charge on any atom is 0.355 e. The summed E-state index contributed by atoms with van der Waals surface area (Å²) in [6, 6.07) is 16.0. The first kappa shape index (κ1) is 26.0. The van der Waals surface area contributed by atoms with Crippen LogP contribution in [0.1, 0.15) is 23.3 Å². The quantitative estimate of drug-likeness (QED) is 0.413. The minimum Gasteiger partial charge on any atom is -0.466 e. The Kier molecular flexibility index (Phi) is 8.30. The number of hydrogen-bond donors (Lipinski definition) is 1. The Morgan fingerprint density at radius 3 is 2.20 bits per heavy atom. The second-order valence-corrected chi connectivity index (χ2v) is 8.26. The van der Waals surface area contributed by atoms with Crippen LogP contribution in [0.4, 0.5) is 5.69 Å². The summed E-state index contributed by atoms with van der Waals surface area (Å²) >= 11 is 3.43. The molecule has 1 atom stereocenters. The first-order valence-electron chi connectivity index (χ1n) is 10.3. The van der Waals surface area contributed by atoms with Crippen LogP contribution in [0.5, 0.6) is 0 Å². The third kappa shape index (κ3) is 4.79. The lowest BCUT2D eigenvalue weighted by molar-refractivity contribution is -0.139. The number of carbonyl (C=O) groups excluding carboxylic acids is 2. The standard InChI is InChI=1S/C25H24BrN3O6/c1-32-23(30)20-19(14-8-6-5-7-9-14)17(13-27)22(28)29(21(20)24(31)33-2)18-11-10-15(26)12-16(18)25(34-3)35-4/h5-12,19,25H,28H2,1-4H3. The van der Waals surface area contributed by atoms with E-state index in [9.17, 15) is 14.9 Å². The molecule has 2 aromatic carbocycles. The third-order valence-electron chi connectivity index (χ3n) is 5.52. The molecule has 2 aromatic rings. The molecule has 0 saturated carbocycles. The average Bonchev–Trinajstić information content (AvgIpc) is 2.88. The molecule has 0 saturated heterocycles. The minimum absolute atomic E-state index is 0.0519. The zero-order chi connectivity index (χ0) is 25.7. The fraction of sp³-hybridized carbons (Fsp3) is 0.240. The van der Waals surface area contributed by atoms with Gasteiger partial charge in [-0.3, -0.25) is 4.90 Å². The summed E-state index contributed by atoms with van der Waals surface area (Å²) in [5.74, 6) is -2.66. The van der Waals surface area contributed by atoms with Gasteiger partial charge in [0.05, 0.1) is 43.0 Å². The molecule has 0 amide bonds. The maximum absolute atomic E-state index is 13.2. The van der Waals surface area contributed by atoms with Crippen LogP contribution < -0.4 is 10.6 Å². The van der Waals surface area contributed by atoms with Crippen LogP contribution in [0.25, 0.3) is 0 Å². The molecule has 3 rings (SSSR count). The Balaban J connectivity index is 2.46. The number of carbonyl (C=O) groups is 2. The molecule has 0 spiro atoms. The van der Waals surface area contributed by atoms with Gasteiger partial charge >= 0.3 is 11.9 Å². The minimum atomic E-state index is -0.960. The molecule has 1 unspecified atom stereocenters.